The van der Waals surface area contributed by atoms with E-state index in [0.717, 1.165) is 21.0 Å². The lowest BCUT2D eigenvalue weighted by molar-refractivity contribution is -0.144. The average Bonchev–Trinajstić information content (AvgIpc) is 3.17. The summed E-state index contributed by atoms with van der Waals surface area (Å²) in [7, 11) is 0. The van der Waals surface area contributed by atoms with Gasteiger partial charge in [0.05, 0.1) is 28.7 Å². The third-order valence-electron chi connectivity index (χ3n) is 5.43. The largest absolute Gasteiger partial charge is 0.465 e. The molecule has 2 aromatic carbocycles. The van der Waals surface area contributed by atoms with Crippen molar-refractivity contribution in [2.45, 2.75) is 19.0 Å². The number of carbonyl (C=O) groups excluding carboxylic acids is 3. The minimum absolute atomic E-state index is 0.206. The molecule has 1 fully saturated rings. The SMILES string of the molecule is CCOC(=O)[C@@H]1[C@@H](c2ccccc2C#Cc2cccs2)N1N1C(=O)c2ccccc2C1=O. The van der Waals surface area contributed by atoms with Crippen molar-refractivity contribution >= 4 is 29.1 Å². The van der Waals surface area contributed by atoms with Gasteiger partial charge in [0.1, 0.15) is 6.04 Å². The highest BCUT2D eigenvalue weighted by Gasteiger charge is 2.62. The Labute approximate surface area is 189 Å². The van der Waals surface area contributed by atoms with Crippen LogP contribution in [-0.4, -0.2) is 40.5 Å². The number of thiophene rings is 1. The van der Waals surface area contributed by atoms with Crippen LogP contribution in [0.3, 0.4) is 0 Å². The van der Waals surface area contributed by atoms with Gasteiger partial charge in [0, 0.05) is 5.56 Å². The predicted molar refractivity (Wildman–Crippen MR) is 119 cm³/mol. The Bertz CT molecular complexity index is 1250. The van der Waals surface area contributed by atoms with Crippen LogP contribution in [0.2, 0.25) is 0 Å². The summed E-state index contributed by atoms with van der Waals surface area (Å²) in [5.74, 6) is 4.95. The maximum Gasteiger partial charge on any atom is 0.327 e. The summed E-state index contributed by atoms with van der Waals surface area (Å²) in [5, 5.41) is 4.53. The van der Waals surface area contributed by atoms with Crippen molar-refractivity contribution < 1.29 is 19.1 Å². The first-order valence-electron chi connectivity index (χ1n) is 10.2. The van der Waals surface area contributed by atoms with Crippen LogP contribution in [0.15, 0.2) is 66.0 Å². The minimum Gasteiger partial charge on any atom is -0.465 e. The van der Waals surface area contributed by atoms with Gasteiger partial charge in [-0.15, -0.1) is 11.3 Å². The van der Waals surface area contributed by atoms with E-state index in [4.69, 9.17) is 4.74 Å². The monoisotopic (exact) mass is 442 g/mol. The number of fused-ring (bicyclic) bond motifs is 1. The molecule has 0 aliphatic carbocycles. The molecule has 0 saturated carbocycles. The van der Waals surface area contributed by atoms with Crippen molar-refractivity contribution in [1.82, 2.24) is 10.0 Å². The lowest BCUT2D eigenvalue weighted by Crippen LogP contribution is -2.38. The highest BCUT2D eigenvalue weighted by atomic mass is 32.1. The van der Waals surface area contributed by atoms with Crippen LogP contribution >= 0.6 is 11.3 Å². The number of ether oxygens (including phenoxy) is 1. The van der Waals surface area contributed by atoms with Gasteiger partial charge in [-0.05, 0) is 42.1 Å². The first-order chi connectivity index (χ1) is 15.6. The number of carbonyl (C=O) groups is 3. The van der Waals surface area contributed by atoms with Crippen molar-refractivity contribution in [1.29, 1.82) is 0 Å². The van der Waals surface area contributed by atoms with Crippen molar-refractivity contribution in [3.63, 3.8) is 0 Å². The molecule has 32 heavy (non-hydrogen) atoms. The molecular formula is C25H18N2O4S. The molecule has 6 nitrogen and oxygen atoms in total. The van der Waals surface area contributed by atoms with Crippen molar-refractivity contribution in [2.24, 2.45) is 0 Å². The van der Waals surface area contributed by atoms with Crippen molar-refractivity contribution in [3.05, 3.63) is 93.2 Å². The third-order valence-corrected chi connectivity index (χ3v) is 6.22. The van der Waals surface area contributed by atoms with Gasteiger partial charge in [-0.1, -0.05) is 48.2 Å². The van der Waals surface area contributed by atoms with Crippen molar-refractivity contribution in [3.8, 4) is 11.8 Å². The maximum atomic E-state index is 13.0. The molecule has 0 N–H and O–H groups in total. The molecule has 2 aliphatic heterocycles. The highest BCUT2D eigenvalue weighted by Crippen LogP contribution is 2.48. The fourth-order valence-electron chi connectivity index (χ4n) is 3.98. The van der Waals surface area contributed by atoms with E-state index in [-0.39, 0.29) is 6.61 Å². The molecule has 3 atom stereocenters. The second-order valence-corrected chi connectivity index (χ2v) is 8.25. The van der Waals surface area contributed by atoms with Crippen molar-refractivity contribution in [2.75, 3.05) is 6.61 Å². The Kier molecular flexibility index (Phi) is 5.10. The minimum atomic E-state index is -0.776. The second kappa shape index (κ2) is 8.08. The average molecular weight is 442 g/mol. The van der Waals surface area contributed by atoms with Gasteiger partial charge >= 0.3 is 5.97 Å². The lowest BCUT2D eigenvalue weighted by atomic mass is 10.0. The number of hydrogen-bond donors (Lipinski definition) is 0. The van der Waals surface area contributed by atoms with Gasteiger partial charge in [-0.25, -0.2) is 5.01 Å². The Hall–Kier alpha value is -3.73. The number of hydrogen-bond acceptors (Lipinski definition) is 6. The molecule has 0 bridgehead atoms. The standard InChI is InChI=1S/C25H18N2O4S/c1-2-31-25(30)22-21(18-10-4-3-8-16(18)13-14-17-9-7-15-32-17)26(22)27-23(28)19-11-5-6-12-20(19)24(27)29/h3-12,15,21-22H,2H2,1H3/t21-,22+,26?/m1/s1. The molecular weight excluding hydrogens is 424 g/mol. The van der Waals surface area contributed by atoms with Gasteiger partial charge in [-0.2, -0.15) is 5.01 Å². The fourth-order valence-corrected chi connectivity index (χ4v) is 4.55. The van der Waals surface area contributed by atoms with Gasteiger partial charge < -0.3 is 4.74 Å². The Balaban J connectivity index is 1.53. The molecule has 1 unspecified atom stereocenters. The summed E-state index contributed by atoms with van der Waals surface area (Å²) in [6, 6.07) is 16.7. The molecule has 0 spiro atoms. The number of hydrazine groups is 1. The summed E-state index contributed by atoms with van der Waals surface area (Å²) in [5.41, 5.74) is 2.17. The third kappa shape index (κ3) is 3.30. The highest BCUT2D eigenvalue weighted by molar-refractivity contribution is 7.10. The van der Waals surface area contributed by atoms with E-state index in [0.29, 0.717) is 11.1 Å². The summed E-state index contributed by atoms with van der Waals surface area (Å²) in [6.45, 7) is 1.93. The Morgan fingerprint density at radius 3 is 2.31 bits per heavy atom. The molecule has 0 radical (unpaired) electrons. The summed E-state index contributed by atoms with van der Waals surface area (Å²) >= 11 is 1.54. The van der Waals surface area contributed by atoms with E-state index < -0.39 is 29.9 Å². The van der Waals surface area contributed by atoms with E-state index in [9.17, 15) is 14.4 Å². The molecule has 158 valence electrons. The molecule has 7 heteroatoms. The topological polar surface area (TPSA) is 66.7 Å². The molecule has 2 aliphatic rings. The van der Waals surface area contributed by atoms with Gasteiger partial charge in [0.2, 0.25) is 0 Å². The number of rotatable bonds is 4. The molecule has 3 aromatic rings. The number of esters is 1. The summed E-state index contributed by atoms with van der Waals surface area (Å²) in [6.07, 6.45) is 0. The lowest BCUT2D eigenvalue weighted by Gasteiger charge is -2.16. The van der Waals surface area contributed by atoms with Gasteiger partial charge in [0.15, 0.2) is 0 Å². The smallest absolute Gasteiger partial charge is 0.327 e. The van der Waals surface area contributed by atoms with E-state index in [1.54, 1.807) is 42.5 Å². The van der Waals surface area contributed by atoms with Gasteiger partial charge in [-0.3, -0.25) is 14.4 Å². The quantitative estimate of drug-likeness (QED) is 0.267. The van der Waals surface area contributed by atoms with E-state index >= 15 is 0 Å². The van der Waals surface area contributed by atoms with E-state index in [1.165, 1.54) is 5.01 Å². The normalized spacial score (nSPS) is 21.0. The van der Waals surface area contributed by atoms with E-state index in [2.05, 4.69) is 11.8 Å². The Morgan fingerprint density at radius 2 is 1.66 bits per heavy atom. The second-order valence-electron chi connectivity index (χ2n) is 7.30. The molecule has 1 saturated heterocycles. The zero-order chi connectivity index (χ0) is 22.2. The molecule has 5 rings (SSSR count). The van der Waals surface area contributed by atoms with Crippen LogP contribution < -0.4 is 0 Å². The zero-order valence-electron chi connectivity index (χ0n) is 17.1. The van der Waals surface area contributed by atoms with Gasteiger partial charge in [0.25, 0.3) is 11.8 Å². The summed E-state index contributed by atoms with van der Waals surface area (Å²) in [4.78, 5) is 39.8. The molecule has 3 heterocycles. The predicted octanol–water partition coefficient (Wildman–Crippen LogP) is 3.65. The maximum absolute atomic E-state index is 13.0. The first kappa shape index (κ1) is 20.2. The van der Waals surface area contributed by atoms with Crippen LogP contribution in [-0.2, 0) is 9.53 Å². The van der Waals surface area contributed by atoms with Crippen LogP contribution in [0.4, 0.5) is 0 Å². The number of amides is 2. The van der Waals surface area contributed by atoms with Crippen LogP contribution in [0.5, 0.6) is 0 Å². The van der Waals surface area contributed by atoms with Crippen LogP contribution in [0.1, 0.15) is 49.7 Å². The molecule has 2 amide bonds. The number of nitrogens with zero attached hydrogens (tertiary/aromatic N) is 2. The molecule has 1 aromatic heterocycles. The van der Waals surface area contributed by atoms with E-state index in [1.807, 2.05) is 41.8 Å². The fraction of sp³-hybridized carbons (Fsp3) is 0.160. The first-order valence-corrected chi connectivity index (χ1v) is 11.1. The zero-order valence-corrected chi connectivity index (χ0v) is 18.0. The number of benzene rings is 2. The summed E-state index contributed by atoms with van der Waals surface area (Å²) < 4.78 is 5.25. The van der Waals surface area contributed by atoms with Crippen LogP contribution in [0, 0.1) is 11.8 Å². The number of imide groups is 1. The Morgan fingerprint density at radius 1 is 0.969 bits per heavy atom. The van der Waals surface area contributed by atoms with Crippen LogP contribution in [0.25, 0.3) is 0 Å².